The average Bonchev–Trinajstić information content (AvgIpc) is 2.05. The van der Waals surface area contributed by atoms with Crippen LogP contribution in [0.15, 0.2) is 48.6 Å². The van der Waals surface area contributed by atoms with Crippen molar-refractivity contribution in [1.82, 2.24) is 0 Å². The van der Waals surface area contributed by atoms with Crippen LogP contribution in [0.5, 0.6) is 0 Å². The zero-order chi connectivity index (χ0) is 8.49. The first-order valence-corrected chi connectivity index (χ1v) is 4.62. The maximum Gasteiger partial charge on any atom is -0.0166 e. The molecule has 0 atom stereocenters. The maximum absolute atomic E-state index is 2.25. The molecule has 12 heavy (non-hydrogen) atoms. The van der Waals surface area contributed by atoms with E-state index in [1.807, 2.05) is 0 Å². The van der Waals surface area contributed by atoms with E-state index in [4.69, 9.17) is 0 Å². The van der Waals surface area contributed by atoms with Crippen molar-refractivity contribution in [3.05, 3.63) is 48.6 Å². The molecule has 0 saturated heterocycles. The van der Waals surface area contributed by atoms with Crippen LogP contribution in [0.3, 0.4) is 0 Å². The lowest BCUT2D eigenvalue weighted by molar-refractivity contribution is 1.04. The fraction of sp³-hybridized carbons (Fsp3) is 0.333. The molecule has 0 nitrogen and oxygen atoms in total. The molecule has 0 heterocycles. The second-order valence-corrected chi connectivity index (χ2v) is 2.85. The van der Waals surface area contributed by atoms with Gasteiger partial charge in [0.2, 0.25) is 0 Å². The molecule has 0 saturated carbocycles. The average molecular weight is 160 g/mol. The normalized spacial score (nSPS) is 29.3. The molecule has 0 aromatic carbocycles. The lowest BCUT2D eigenvalue weighted by atomic mass is 10.2. The molecule has 64 valence electrons. The van der Waals surface area contributed by atoms with Crippen LogP contribution in [-0.2, 0) is 0 Å². The molecule has 0 fully saturated rings. The highest BCUT2D eigenvalue weighted by atomic mass is 13.8. The van der Waals surface area contributed by atoms with Gasteiger partial charge in [0.15, 0.2) is 0 Å². The summed E-state index contributed by atoms with van der Waals surface area (Å²) in [6.07, 6.45) is 22.0. The fourth-order valence-electron chi connectivity index (χ4n) is 1.09. The van der Waals surface area contributed by atoms with Gasteiger partial charge in [0.1, 0.15) is 0 Å². The molecular weight excluding hydrogens is 144 g/mol. The van der Waals surface area contributed by atoms with Crippen molar-refractivity contribution in [3.63, 3.8) is 0 Å². The Bertz CT molecular complexity index is 180. The van der Waals surface area contributed by atoms with Gasteiger partial charge < -0.3 is 0 Å². The van der Waals surface area contributed by atoms with Crippen molar-refractivity contribution in [1.29, 1.82) is 0 Å². The van der Waals surface area contributed by atoms with E-state index in [2.05, 4.69) is 48.6 Å². The van der Waals surface area contributed by atoms with E-state index in [-0.39, 0.29) is 0 Å². The van der Waals surface area contributed by atoms with Crippen LogP contribution in [-0.4, -0.2) is 0 Å². The van der Waals surface area contributed by atoms with Crippen molar-refractivity contribution in [2.75, 3.05) is 0 Å². The summed E-state index contributed by atoms with van der Waals surface area (Å²) in [5.41, 5.74) is 0. The Hall–Kier alpha value is -1.04. The fourth-order valence-corrected chi connectivity index (χ4v) is 1.09. The van der Waals surface area contributed by atoms with Gasteiger partial charge in [-0.15, -0.1) is 0 Å². The van der Waals surface area contributed by atoms with Gasteiger partial charge in [-0.05, 0) is 25.7 Å². The van der Waals surface area contributed by atoms with Crippen LogP contribution in [0.4, 0.5) is 0 Å². The van der Waals surface area contributed by atoms with Crippen molar-refractivity contribution in [3.8, 4) is 0 Å². The molecule has 1 aliphatic carbocycles. The topological polar surface area (TPSA) is 0 Å². The Kier molecular flexibility index (Phi) is 5.02. The van der Waals surface area contributed by atoms with Gasteiger partial charge in [-0.2, -0.15) is 0 Å². The van der Waals surface area contributed by atoms with Crippen molar-refractivity contribution in [2.45, 2.75) is 25.7 Å². The van der Waals surface area contributed by atoms with E-state index in [0.717, 1.165) is 12.8 Å². The first-order chi connectivity index (χ1) is 6.00. The highest BCUT2D eigenvalue weighted by Crippen LogP contribution is 1.98. The molecule has 1 aliphatic rings. The van der Waals surface area contributed by atoms with Crippen LogP contribution in [0.25, 0.3) is 0 Å². The van der Waals surface area contributed by atoms with Crippen LogP contribution in [0.1, 0.15) is 25.7 Å². The summed E-state index contributed by atoms with van der Waals surface area (Å²) >= 11 is 0. The van der Waals surface area contributed by atoms with Gasteiger partial charge >= 0.3 is 0 Å². The van der Waals surface area contributed by atoms with E-state index in [1.165, 1.54) is 12.8 Å². The van der Waals surface area contributed by atoms with Gasteiger partial charge in [0.05, 0.1) is 0 Å². The predicted octanol–water partition coefficient (Wildman–Crippen LogP) is 3.79. The van der Waals surface area contributed by atoms with Gasteiger partial charge in [-0.3, -0.25) is 0 Å². The Labute approximate surface area is 75.0 Å². The van der Waals surface area contributed by atoms with Gasteiger partial charge in [0, 0.05) is 0 Å². The largest absolute Gasteiger partial charge is 0.0879 e. The summed E-state index contributed by atoms with van der Waals surface area (Å²) in [6, 6.07) is 0. The van der Waals surface area contributed by atoms with Gasteiger partial charge in [-0.25, -0.2) is 0 Å². The lowest BCUT2D eigenvalue weighted by Crippen LogP contribution is -1.67. The number of hydrogen-bond donors (Lipinski definition) is 0. The zero-order valence-corrected chi connectivity index (χ0v) is 7.45. The van der Waals surface area contributed by atoms with Crippen molar-refractivity contribution < 1.29 is 0 Å². The predicted molar refractivity (Wildman–Crippen MR) is 55.0 cm³/mol. The molecule has 0 unspecified atom stereocenters. The SMILES string of the molecule is C1=C\C/C=C\CC/C=C\C\C=C/1. The van der Waals surface area contributed by atoms with Crippen molar-refractivity contribution in [2.24, 2.45) is 0 Å². The summed E-state index contributed by atoms with van der Waals surface area (Å²) < 4.78 is 0. The standard InChI is InChI=1S/C12H16/c1-2-4-6-8-10-12-11-9-7-5-3-1/h1-4,7-10H,5-6,11-12H2/b3-1-,4-2-,9-7-,10-8-. The summed E-state index contributed by atoms with van der Waals surface area (Å²) in [7, 11) is 0. The van der Waals surface area contributed by atoms with E-state index >= 15 is 0 Å². The molecule has 0 aromatic rings. The minimum Gasteiger partial charge on any atom is -0.0879 e. The number of allylic oxidation sites excluding steroid dienone is 8. The Balaban J connectivity index is 2.41. The third kappa shape index (κ3) is 4.73. The second kappa shape index (κ2) is 6.66. The second-order valence-electron chi connectivity index (χ2n) is 2.85. The minimum atomic E-state index is 1.06. The van der Waals surface area contributed by atoms with Crippen LogP contribution >= 0.6 is 0 Å². The number of hydrogen-bond acceptors (Lipinski definition) is 0. The highest BCUT2D eigenvalue weighted by molar-refractivity contribution is 5.07. The van der Waals surface area contributed by atoms with Crippen molar-refractivity contribution >= 4 is 0 Å². The van der Waals surface area contributed by atoms with E-state index in [9.17, 15) is 0 Å². The molecule has 0 N–H and O–H groups in total. The smallest absolute Gasteiger partial charge is 0.0166 e. The molecule has 1 rings (SSSR count). The molecule has 0 radical (unpaired) electrons. The Morgan fingerprint density at radius 2 is 1.00 bits per heavy atom. The first kappa shape index (κ1) is 9.05. The summed E-state index contributed by atoms with van der Waals surface area (Å²) in [5.74, 6) is 0. The number of rotatable bonds is 0. The van der Waals surface area contributed by atoms with Crippen LogP contribution < -0.4 is 0 Å². The van der Waals surface area contributed by atoms with Gasteiger partial charge in [-0.1, -0.05) is 48.6 Å². The maximum atomic E-state index is 2.25. The Morgan fingerprint density at radius 1 is 0.500 bits per heavy atom. The minimum absolute atomic E-state index is 1.06. The molecule has 0 bridgehead atoms. The highest BCUT2D eigenvalue weighted by Gasteiger charge is 1.77. The summed E-state index contributed by atoms with van der Waals surface area (Å²) in [6.45, 7) is 0. The quantitative estimate of drug-likeness (QED) is 0.473. The van der Waals surface area contributed by atoms with Crippen LogP contribution in [0.2, 0.25) is 0 Å². The molecule has 0 aromatic heterocycles. The van der Waals surface area contributed by atoms with E-state index in [1.54, 1.807) is 0 Å². The summed E-state index contributed by atoms with van der Waals surface area (Å²) in [5, 5.41) is 0. The third-order valence-corrected chi connectivity index (χ3v) is 1.76. The third-order valence-electron chi connectivity index (χ3n) is 1.76. The Morgan fingerprint density at radius 3 is 1.50 bits per heavy atom. The molecule has 0 amide bonds. The van der Waals surface area contributed by atoms with Gasteiger partial charge in [0.25, 0.3) is 0 Å². The lowest BCUT2D eigenvalue weighted by Gasteiger charge is -1.88. The van der Waals surface area contributed by atoms with Crippen LogP contribution in [0, 0.1) is 0 Å². The van der Waals surface area contributed by atoms with E-state index in [0.29, 0.717) is 0 Å². The van der Waals surface area contributed by atoms with E-state index < -0.39 is 0 Å². The molecular formula is C12H16. The first-order valence-electron chi connectivity index (χ1n) is 4.62. The molecule has 0 spiro atoms. The zero-order valence-electron chi connectivity index (χ0n) is 7.45. The molecule has 0 aliphatic heterocycles. The molecule has 0 heteroatoms. The summed E-state index contributed by atoms with van der Waals surface area (Å²) in [4.78, 5) is 0. The monoisotopic (exact) mass is 160 g/mol.